The van der Waals surface area contributed by atoms with Gasteiger partial charge in [-0.2, -0.15) is 0 Å². The fraction of sp³-hybridized carbons (Fsp3) is 0.263. The van der Waals surface area contributed by atoms with Crippen molar-refractivity contribution in [2.75, 3.05) is 12.4 Å². The normalized spacial score (nSPS) is 13.5. The Morgan fingerprint density at radius 2 is 1.92 bits per heavy atom. The summed E-state index contributed by atoms with van der Waals surface area (Å²) in [5, 5.41) is 8.95. The molecule has 0 atom stereocenters. The van der Waals surface area contributed by atoms with Crippen LogP contribution in [0.1, 0.15) is 34.5 Å². The molecule has 5 nitrogen and oxygen atoms in total. The number of hydrogen-bond acceptors (Lipinski definition) is 4. The first-order valence-corrected chi connectivity index (χ1v) is 8.12. The van der Waals surface area contributed by atoms with Gasteiger partial charge in [-0.05, 0) is 48.6 Å². The molecule has 1 aliphatic rings. The van der Waals surface area contributed by atoms with Crippen molar-refractivity contribution < 1.29 is 14.1 Å². The summed E-state index contributed by atoms with van der Waals surface area (Å²) >= 11 is 0. The number of aromatic nitrogens is 1. The molecule has 5 heteroatoms. The van der Waals surface area contributed by atoms with Crippen LogP contribution in [0.4, 0.5) is 5.88 Å². The van der Waals surface area contributed by atoms with Gasteiger partial charge in [0.25, 0.3) is 5.91 Å². The van der Waals surface area contributed by atoms with E-state index in [-0.39, 0.29) is 5.91 Å². The molecule has 0 saturated heterocycles. The summed E-state index contributed by atoms with van der Waals surface area (Å²) in [6.07, 6.45) is 4.01. The average Bonchev–Trinajstić information content (AvgIpc) is 3.03. The van der Waals surface area contributed by atoms with Crippen molar-refractivity contribution in [3.8, 4) is 5.75 Å². The summed E-state index contributed by atoms with van der Waals surface area (Å²) in [7, 11) is 1.57. The lowest BCUT2D eigenvalue weighted by molar-refractivity contribution is 0.102. The summed E-state index contributed by atoms with van der Waals surface area (Å²) in [6.45, 7) is 0. The predicted octanol–water partition coefficient (Wildman–Crippen LogP) is 3.97. The van der Waals surface area contributed by atoms with E-state index < -0.39 is 0 Å². The molecule has 0 spiro atoms. The maximum atomic E-state index is 12.7. The zero-order valence-electron chi connectivity index (χ0n) is 13.5. The van der Waals surface area contributed by atoms with E-state index in [4.69, 9.17) is 9.26 Å². The summed E-state index contributed by atoms with van der Waals surface area (Å²) in [5.74, 6) is 0.756. The van der Waals surface area contributed by atoms with Crippen LogP contribution < -0.4 is 10.1 Å². The van der Waals surface area contributed by atoms with Crippen molar-refractivity contribution in [1.82, 2.24) is 5.16 Å². The number of nitrogens with one attached hydrogen (secondary N) is 1. The lowest BCUT2D eigenvalue weighted by atomic mass is 9.97. The highest BCUT2D eigenvalue weighted by molar-refractivity contribution is 6.08. The summed E-state index contributed by atoms with van der Waals surface area (Å²) in [4.78, 5) is 12.7. The number of rotatable bonds is 3. The van der Waals surface area contributed by atoms with Crippen molar-refractivity contribution in [3.05, 3.63) is 53.2 Å². The number of aryl methyl sites for hydroxylation is 1. The summed E-state index contributed by atoms with van der Waals surface area (Å²) < 4.78 is 10.7. The molecule has 1 aliphatic carbocycles. The zero-order valence-corrected chi connectivity index (χ0v) is 13.5. The lowest BCUT2D eigenvalue weighted by Crippen LogP contribution is -2.14. The Bertz CT molecular complexity index is 914. The van der Waals surface area contributed by atoms with Gasteiger partial charge in [0.05, 0.1) is 18.4 Å². The largest absolute Gasteiger partial charge is 0.496 e. The number of fused-ring (bicyclic) bond motifs is 2. The molecule has 122 valence electrons. The minimum atomic E-state index is -0.248. The smallest absolute Gasteiger partial charge is 0.261 e. The van der Waals surface area contributed by atoms with E-state index in [1.54, 1.807) is 7.11 Å². The van der Waals surface area contributed by atoms with Crippen LogP contribution in [0.15, 0.2) is 40.9 Å². The van der Waals surface area contributed by atoms with Crippen LogP contribution in [0.2, 0.25) is 0 Å². The Balaban J connectivity index is 1.69. The van der Waals surface area contributed by atoms with Gasteiger partial charge in [0.15, 0.2) is 0 Å². The molecule has 2 aromatic carbocycles. The van der Waals surface area contributed by atoms with Crippen molar-refractivity contribution in [3.63, 3.8) is 0 Å². The van der Waals surface area contributed by atoms with Crippen LogP contribution in [0, 0.1) is 0 Å². The third-order valence-electron chi connectivity index (χ3n) is 4.50. The van der Waals surface area contributed by atoms with Gasteiger partial charge >= 0.3 is 0 Å². The number of carbonyl (C=O) groups is 1. The maximum absolute atomic E-state index is 12.7. The molecule has 0 saturated carbocycles. The number of methoxy groups -OCH3 is 1. The number of benzene rings is 2. The second kappa shape index (κ2) is 6.00. The number of hydrogen-bond donors (Lipinski definition) is 1. The van der Waals surface area contributed by atoms with Gasteiger partial charge < -0.3 is 9.26 Å². The molecular weight excluding hydrogens is 304 g/mol. The Labute approximate surface area is 139 Å². The van der Waals surface area contributed by atoms with Crippen molar-refractivity contribution >= 4 is 22.6 Å². The van der Waals surface area contributed by atoms with E-state index in [1.165, 1.54) is 0 Å². The molecule has 0 fully saturated rings. The number of ether oxygens (including phenoxy) is 1. The minimum absolute atomic E-state index is 0.248. The van der Waals surface area contributed by atoms with Crippen molar-refractivity contribution in [1.29, 1.82) is 0 Å². The van der Waals surface area contributed by atoms with Crippen molar-refractivity contribution in [2.24, 2.45) is 0 Å². The van der Waals surface area contributed by atoms with E-state index in [0.29, 0.717) is 17.2 Å². The van der Waals surface area contributed by atoms with Crippen LogP contribution in [-0.2, 0) is 12.8 Å². The monoisotopic (exact) mass is 322 g/mol. The fourth-order valence-electron chi connectivity index (χ4n) is 3.23. The standard InChI is InChI=1S/C19H18N2O3/c1-23-17-11-13-7-3-2-6-12(13)10-15(17)18(22)20-19-14-8-4-5-9-16(14)21-24-19/h2-3,6-7,10-11H,4-5,8-9H2,1H3,(H,20,22). The number of anilines is 1. The minimum Gasteiger partial charge on any atom is -0.496 e. The third-order valence-corrected chi connectivity index (χ3v) is 4.50. The van der Waals surface area contributed by atoms with Crippen molar-refractivity contribution in [2.45, 2.75) is 25.7 Å². The molecule has 24 heavy (non-hydrogen) atoms. The predicted molar refractivity (Wildman–Crippen MR) is 91.6 cm³/mol. The van der Waals surface area contributed by atoms with E-state index in [9.17, 15) is 4.79 Å². The Morgan fingerprint density at radius 3 is 2.71 bits per heavy atom. The van der Waals surface area contributed by atoms with Gasteiger partial charge in [-0.15, -0.1) is 0 Å². The van der Waals surface area contributed by atoms with Gasteiger partial charge in [-0.3, -0.25) is 10.1 Å². The van der Waals surface area contributed by atoms with Gasteiger partial charge in [-0.25, -0.2) is 0 Å². The summed E-state index contributed by atoms with van der Waals surface area (Å²) in [6, 6.07) is 11.6. The average molecular weight is 322 g/mol. The molecule has 0 radical (unpaired) electrons. The molecule has 0 aliphatic heterocycles. The molecule has 3 aromatic rings. The molecule has 0 bridgehead atoms. The Morgan fingerprint density at radius 1 is 1.17 bits per heavy atom. The maximum Gasteiger partial charge on any atom is 0.261 e. The van der Waals surface area contributed by atoms with E-state index in [2.05, 4.69) is 10.5 Å². The van der Waals surface area contributed by atoms with Gasteiger partial charge in [0.1, 0.15) is 5.75 Å². The molecular formula is C19H18N2O3. The first kappa shape index (κ1) is 14.8. The quantitative estimate of drug-likeness (QED) is 0.792. The molecule has 4 rings (SSSR count). The second-order valence-corrected chi connectivity index (χ2v) is 6.00. The lowest BCUT2D eigenvalue weighted by Gasteiger charge is -2.12. The number of carbonyl (C=O) groups excluding carboxylic acids is 1. The van der Waals surface area contributed by atoms with Gasteiger partial charge in [-0.1, -0.05) is 29.4 Å². The molecule has 1 aromatic heterocycles. The van der Waals surface area contributed by atoms with Gasteiger partial charge in [0.2, 0.25) is 5.88 Å². The van der Waals surface area contributed by atoms with E-state index >= 15 is 0 Å². The SMILES string of the molecule is COc1cc2ccccc2cc1C(=O)Nc1onc2c1CCCC2. The highest BCUT2D eigenvalue weighted by Gasteiger charge is 2.22. The molecule has 1 heterocycles. The topological polar surface area (TPSA) is 64.4 Å². The van der Waals surface area contributed by atoms with Gasteiger partial charge in [0, 0.05) is 5.56 Å². The second-order valence-electron chi connectivity index (χ2n) is 6.00. The number of nitrogens with zero attached hydrogens (tertiary/aromatic N) is 1. The van der Waals surface area contributed by atoms with E-state index in [1.807, 2.05) is 36.4 Å². The molecule has 1 N–H and O–H groups in total. The number of amides is 1. The highest BCUT2D eigenvalue weighted by atomic mass is 16.5. The zero-order chi connectivity index (χ0) is 16.5. The van der Waals surface area contributed by atoms with E-state index in [0.717, 1.165) is 47.7 Å². The van der Waals surface area contributed by atoms with Crippen LogP contribution in [-0.4, -0.2) is 18.2 Å². The third kappa shape index (κ3) is 2.52. The highest BCUT2D eigenvalue weighted by Crippen LogP contribution is 2.30. The van der Waals surface area contributed by atoms with Crippen LogP contribution >= 0.6 is 0 Å². The first-order chi connectivity index (χ1) is 11.8. The Hall–Kier alpha value is -2.82. The Kier molecular flexibility index (Phi) is 3.69. The molecule has 0 unspecified atom stereocenters. The fourth-order valence-corrected chi connectivity index (χ4v) is 3.23. The first-order valence-electron chi connectivity index (χ1n) is 8.12. The van der Waals surface area contributed by atoms with Crippen LogP contribution in [0.25, 0.3) is 10.8 Å². The van der Waals surface area contributed by atoms with Crippen LogP contribution in [0.3, 0.4) is 0 Å². The molecule has 1 amide bonds. The van der Waals surface area contributed by atoms with Crippen LogP contribution in [0.5, 0.6) is 5.75 Å². The summed E-state index contributed by atoms with van der Waals surface area (Å²) in [5.41, 5.74) is 2.47.